The number of hydrogen-bond donors (Lipinski definition) is 1. The van der Waals surface area contributed by atoms with Crippen LogP contribution in [0.25, 0.3) is 0 Å². The first-order valence-electron chi connectivity index (χ1n) is 9.41. The van der Waals surface area contributed by atoms with Crippen LogP contribution in [0.15, 0.2) is 17.5 Å². The standard InChI is InChI=1S/C19H31N3OS/c1-15-5-7-17(8-6-15)20-19(23)16(2)22-11-9-21(10-12-22)14-18-4-3-13-24-18/h3-4,13,15-17H,5-12,14H2,1-2H3,(H,20,23). The Balaban J connectivity index is 1.41. The predicted octanol–water partition coefficient (Wildman–Crippen LogP) is 2.95. The summed E-state index contributed by atoms with van der Waals surface area (Å²) in [5.41, 5.74) is 0. The minimum atomic E-state index is -0.00626. The Kier molecular flexibility index (Phi) is 6.31. The van der Waals surface area contributed by atoms with Crippen LogP contribution in [0, 0.1) is 5.92 Å². The molecule has 0 spiro atoms. The van der Waals surface area contributed by atoms with Gasteiger partial charge in [-0.1, -0.05) is 13.0 Å². The van der Waals surface area contributed by atoms with E-state index in [0.717, 1.165) is 51.5 Å². The molecule has 1 aromatic rings. The molecule has 1 saturated carbocycles. The first kappa shape index (κ1) is 17.9. The third-order valence-corrected chi connectivity index (χ3v) is 6.52. The summed E-state index contributed by atoms with van der Waals surface area (Å²) in [5, 5.41) is 5.43. The lowest BCUT2D eigenvalue weighted by molar-refractivity contribution is -0.127. The van der Waals surface area contributed by atoms with E-state index < -0.39 is 0 Å². The average Bonchev–Trinajstić information content (AvgIpc) is 3.10. The van der Waals surface area contributed by atoms with Gasteiger partial charge in [-0.05, 0) is 50.0 Å². The summed E-state index contributed by atoms with van der Waals surface area (Å²) >= 11 is 1.83. The normalized spacial score (nSPS) is 27.8. The van der Waals surface area contributed by atoms with E-state index in [-0.39, 0.29) is 11.9 Å². The molecule has 1 atom stereocenters. The summed E-state index contributed by atoms with van der Waals surface area (Å²) < 4.78 is 0. The number of carbonyl (C=O) groups is 1. The summed E-state index contributed by atoms with van der Waals surface area (Å²) in [7, 11) is 0. The van der Waals surface area contributed by atoms with E-state index in [1.807, 2.05) is 11.3 Å². The van der Waals surface area contributed by atoms with Crippen LogP contribution in [-0.4, -0.2) is 54.0 Å². The molecule has 134 valence electrons. The van der Waals surface area contributed by atoms with Crippen LogP contribution in [0.3, 0.4) is 0 Å². The molecule has 5 heteroatoms. The molecule has 1 aliphatic heterocycles. The fourth-order valence-electron chi connectivity index (χ4n) is 3.82. The van der Waals surface area contributed by atoms with Crippen molar-refractivity contribution in [2.45, 2.75) is 58.2 Å². The van der Waals surface area contributed by atoms with Crippen molar-refractivity contribution in [2.75, 3.05) is 26.2 Å². The van der Waals surface area contributed by atoms with E-state index in [9.17, 15) is 4.79 Å². The predicted molar refractivity (Wildman–Crippen MR) is 100 cm³/mol. The zero-order valence-corrected chi connectivity index (χ0v) is 15.9. The number of hydrogen-bond acceptors (Lipinski definition) is 4. The number of piperazine rings is 1. The topological polar surface area (TPSA) is 35.6 Å². The molecule has 1 N–H and O–H groups in total. The molecular formula is C19H31N3OS. The molecule has 0 aromatic carbocycles. The van der Waals surface area contributed by atoms with Gasteiger partial charge in [-0.3, -0.25) is 14.6 Å². The van der Waals surface area contributed by atoms with Crippen LogP contribution < -0.4 is 5.32 Å². The van der Waals surface area contributed by atoms with Crippen LogP contribution in [0.2, 0.25) is 0 Å². The van der Waals surface area contributed by atoms with Crippen molar-refractivity contribution in [1.29, 1.82) is 0 Å². The maximum absolute atomic E-state index is 12.6. The average molecular weight is 350 g/mol. The van der Waals surface area contributed by atoms with E-state index in [1.165, 1.54) is 17.7 Å². The minimum Gasteiger partial charge on any atom is -0.352 e. The molecule has 1 aliphatic carbocycles. The largest absolute Gasteiger partial charge is 0.352 e. The Labute approximate surface area is 150 Å². The number of rotatable bonds is 5. The maximum atomic E-state index is 12.6. The third kappa shape index (κ3) is 4.80. The number of nitrogens with one attached hydrogen (secondary N) is 1. The Morgan fingerprint density at radius 2 is 1.96 bits per heavy atom. The molecule has 0 radical (unpaired) electrons. The van der Waals surface area contributed by atoms with Gasteiger partial charge in [0, 0.05) is 43.6 Å². The monoisotopic (exact) mass is 349 g/mol. The molecule has 2 aliphatic rings. The van der Waals surface area contributed by atoms with Crippen LogP contribution in [0.5, 0.6) is 0 Å². The summed E-state index contributed by atoms with van der Waals surface area (Å²) in [6.45, 7) is 9.51. The van der Waals surface area contributed by atoms with Gasteiger partial charge in [0.1, 0.15) is 0 Å². The lowest BCUT2D eigenvalue weighted by atomic mass is 9.87. The molecule has 2 fully saturated rings. The lowest BCUT2D eigenvalue weighted by Gasteiger charge is -2.38. The highest BCUT2D eigenvalue weighted by molar-refractivity contribution is 7.09. The molecule has 1 saturated heterocycles. The van der Waals surface area contributed by atoms with Crippen molar-refractivity contribution < 1.29 is 4.79 Å². The third-order valence-electron chi connectivity index (χ3n) is 5.66. The van der Waals surface area contributed by atoms with E-state index in [4.69, 9.17) is 0 Å². The van der Waals surface area contributed by atoms with Crippen molar-refractivity contribution in [1.82, 2.24) is 15.1 Å². The van der Waals surface area contributed by atoms with E-state index >= 15 is 0 Å². The molecular weight excluding hydrogens is 318 g/mol. The van der Waals surface area contributed by atoms with Gasteiger partial charge in [-0.15, -0.1) is 11.3 Å². The van der Waals surface area contributed by atoms with Gasteiger partial charge in [0.05, 0.1) is 6.04 Å². The number of nitrogens with zero attached hydrogens (tertiary/aromatic N) is 2. The minimum absolute atomic E-state index is 0.00626. The van der Waals surface area contributed by atoms with Crippen molar-refractivity contribution in [2.24, 2.45) is 5.92 Å². The molecule has 1 aromatic heterocycles. The number of thiophene rings is 1. The second-order valence-electron chi connectivity index (χ2n) is 7.53. The molecule has 24 heavy (non-hydrogen) atoms. The van der Waals surface area contributed by atoms with E-state index in [1.54, 1.807) is 0 Å². The van der Waals surface area contributed by atoms with Gasteiger partial charge in [0.2, 0.25) is 5.91 Å². The summed E-state index contributed by atoms with van der Waals surface area (Å²) in [5.74, 6) is 1.05. The highest BCUT2D eigenvalue weighted by Crippen LogP contribution is 2.23. The maximum Gasteiger partial charge on any atom is 0.237 e. The van der Waals surface area contributed by atoms with E-state index in [2.05, 4.69) is 46.5 Å². The molecule has 4 nitrogen and oxygen atoms in total. The number of amides is 1. The van der Waals surface area contributed by atoms with Crippen LogP contribution in [0.4, 0.5) is 0 Å². The number of carbonyl (C=O) groups excluding carboxylic acids is 1. The Morgan fingerprint density at radius 1 is 1.25 bits per heavy atom. The smallest absolute Gasteiger partial charge is 0.237 e. The molecule has 3 rings (SSSR count). The molecule has 1 unspecified atom stereocenters. The van der Waals surface area contributed by atoms with Crippen LogP contribution >= 0.6 is 11.3 Å². The molecule has 2 heterocycles. The van der Waals surface area contributed by atoms with Gasteiger partial charge in [0.15, 0.2) is 0 Å². The molecule has 0 bridgehead atoms. The second kappa shape index (κ2) is 8.45. The Morgan fingerprint density at radius 3 is 2.58 bits per heavy atom. The van der Waals surface area contributed by atoms with Crippen LogP contribution in [-0.2, 0) is 11.3 Å². The lowest BCUT2D eigenvalue weighted by Crippen LogP contribution is -2.55. The SMILES string of the molecule is CC1CCC(NC(=O)C(C)N2CCN(Cc3cccs3)CC2)CC1. The Bertz CT molecular complexity index is 503. The van der Waals surface area contributed by atoms with Crippen molar-refractivity contribution >= 4 is 17.2 Å². The van der Waals surface area contributed by atoms with Gasteiger partial charge >= 0.3 is 0 Å². The van der Waals surface area contributed by atoms with Gasteiger partial charge in [-0.25, -0.2) is 0 Å². The summed E-state index contributed by atoms with van der Waals surface area (Å²) in [6.07, 6.45) is 4.80. The van der Waals surface area contributed by atoms with Crippen molar-refractivity contribution in [3.63, 3.8) is 0 Å². The highest BCUT2D eigenvalue weighted by atomic mass is 32.1. The first-order chi connectivity index (χ1) is 11.6. The fraction of sp³-hybridized carbons (Fsp3) is 0.737. The van der Waals surface area contributed by atoms with Crippen molar-refractivity contribution in [3.05, 3.63) is 22.4 Å². The van der Waals surface area contributed by atoms with Gasteiger partial charge < -0.3 is 5.32 Å². The first-order valence-corrected chi connectivity index (χ1v) is 10.3. The zero-order valence-electron chi connectivity index (χ0n) is 15.0. The Hall–Kier alpha value is -0.910. The zero-order chi connectivity index (χ0) is 16.9. The summed E-state index contributed by atoms with van der Waals surface area (Å²) in [6, 6.07) is 4.72. The highest BCUT2D eigenvalue weighted by Gasteiger charge is 2.28. The molecule has 1 amide bonds. The quantitative estimate of drug-likeness (QED) is 0.888. The van der Waals surface area contributed by atoms with Gasteiger partial charge in [-0.2, -0.15) is 0 Å². The van der Waals surface area contributed by atoms with E-state index in [0.29, 0.717) is 6.04 Å². The second-order valence-corrected chi connectivity index (χ2v) is 8.57. The fourth-order valence-corrected chi connectivity index (χ4v) is 4.57. The summed E-state index contributed by atoms with van der Waals surface area (Å²) in [4.78, 5) is 18.8. The van der Waals surface area contributed by atoms with Crippen LogP contribution in [0.1, 0.15) is 44.4 Å². The van der Waals surface area contributed by atoms with Crippen molar-refractivity contribution in [3.8, 4) is 0 Å². The van der Waals surface area contributed by atoms with Gasteiger partial charge in [0.25, 0.3) is 0 Å².